The summed E-state index contributed by atoms with van der Waals surface area (Å²) >= 11 is 0. The first-order valence-corrected chi connectivity index (χ1v) is 9.14. The number of carbonyl (C=O) groups excluding carboxylic acids is 1. The van der Waals surface area contributed by atoms with Gasteiger partial charge in [-0.05, 0) is 43.2 Å². The summed E-state index contributed by atoms with van der Waals surface area (Å²) in [6.07, 6.45) is 5.63. The highest BCUT2D eigenvalue weighted by Crippen LogP contribution is 2.31. The van der Waals surface area contributed by atoms with E-state index in [2.05, 4.69) is 6.92 Å². The number of benzene rings is 2. The number of methoxy groups -OCH3 is 1. The largest absolute Gasteiger partial charge is 0.493 e. The molecule has 0 aromatic heterocycles. The smallest absolute Gasteiger partial charge is 0.343 e. The van der Waals surface area contributed by atoms with Crippen molar-refractivity contribution in [3.63, 3.8) is 0 Å². The minimum absolute atomic E-state index is 0.354. The van der Waals surface area contributed by atoms with Gasteiger partial charge < -0.3 is 14.2 Å². The molecule has 0 unspecified atom stereocenters. The Hall–Kier alpha value is -3.01. The van der Waals surface area contributed by atoms with Crippen molar-refractivity contribution in [2.24, 2.45) is 0 Å². The van der Waals surface area contributed by atoms with Crippen LogP contribution in [-0.4, -0.2) is 19.7 Å². The Morgan fingerprint density at radius 3 is 2.56 bits per heavy atom. The lowest BCUT2D eigenvalue weighted by molar-refractivity contribution is -0.130. The third kappa shape index (κ3) is 4.59. The van der Waals surface area contributed by atoms with Gasteiger partial charge in [-0.25, -0.2) is 4.79 Å². The number of hydrogen-bond acceptors (Lipinski definition) is 4. The van der Waals surface area contributed by atoms with Crippen molar-refractivity contribution in [3.05, 3.63) is 70.8 Å². The van der Waals surface area contributed by atoms with Gasteiger partial charge in [0.1, 0.15) is 5.76 Å². The van der Waals surface area contributed by atoms with Gasteiger partial charge in [0.25, 0.3) is 0 Å². The Balaban J connectivity index is 1.82. The second-order valence-electron chi connectivity index (χ2n) is 6.48. The average molecular weight is 364 g/mol. The van der Waals surface area contributed by atoms with E-state index < -0.39 is 0 Å². The first kappa shape index (κ1) is 18.8. The van der Waals surface area contributed by atoms with Crippen molar-refractivity contribution < 1.29 is 19.0 Å². The number of aryl methyl sites for hydroxylation is 1. The minimum atomic E-state index is -0.354. The molecule has 1 aliphatic heterocycles. The first-order chi connectivity index (χ1) is 13.1. The summed E-state index contributed by atoms with van der Waals surface area (Å²) in [6, 6.07) is 13.5. The fourth-order valence-electron chi connectivity index (χ4n) is 2.75. The summed E-state index contributed by atoms with van der Waals surface area (Å²) < 4.78 is 16.6. The Bertz CT molecular complexity index is 876. The van der Waals surface area contributed by atoms with E-state index >= 15 is 0 Å². The van der Waals surface area contributed by atoms with Crippen LogP contribution in [-0.2, 0) is 9.53 Å². The summed E-state index contributed by atoms with van der Waals surface area (Å²) in [6.45, 7) is 4.80. The van der Waals surface area contributed by atoms with Crippen LogP contribution in [0.2, 0.25) is 0 Å². The Morgan fingerprint density at radius 1 is 1.07 bits per heavy atom. The van der Waals surface area contributed by atoms with E-state index in [4.69, 9.17) is 14.2 Å². The monoisotopic (exact) mass is 364 g/mol. The molecule has 4 heteroatoms. The molecule has 0 saturated carbocycles. The predicted octanol–water partition coefficient (Wildman–Crippen LogP) is 5.16. The van der Waals surface area contributed by atoms with Crippen LogP contribution in [0.15, 0.2) is 54.1 Å². The fraction of sp³-hybridized carbons (Fsp3) is 0.261. The molecular weight excluding hydrogens is 340 g/mol. The van der Waals surface area contributed by atoms with Crippen LogP contribution in [0.1, 0.15) is 36.5 Å². The quantitative estimate of drug-likeness (QED) is 0.386. The number of cyclic esters (lactones) is 1. The molecule has 1 aliphatic rings. The highest BCUT2D eigenvalue weighted by atomic mass is 16.5. The average Bonchev–Trinajstić information content (AvgIpc) is 3.04. The molecule has 0 bridgehead atoms. The topological polar surface area (TPSA) is 44.8 Å². The van der Waals surface area contributed by atoms with Crippen molar-refractivity contribution >= 4 is 17.8 Å². The number of esters is 1. The Morgan fingerprint density at radius 2 is 1.85 bits per heavy atom. The lowest BCUT2D eigenvalue weighted by atomic mass is 10.1. The van der Waals surface area contributed by atoms with E-state index in [0.29, 0.717) is 29.4 Å². The molecule has 27 heavy (non-hydrogen) atoms. The minimum Gasteiger partial charge on any atom is -0.493 e. The van der Waals surface area contributed by atoms with E-state index in [-0.39, 0.29) is 5.97 Å². The SMILES string of the molecule is CCCCOc1ccc(C=C2C=C(c3ccc(C)cc3)OC2=O)cc1OC. The van der Waals surface area contributed by atoms with Crippen LogP contribution < -0.4 is 9.47 Å². The number of unbranched alkanes of at least 4 members (excludes halogenated alkanes) is 1. The Kier molecular flexibility index (Phi) is 5.97. The maximum Gasteiger partial charge on any atom is 0.343 e. The van der Waals surface area contributed by atoms with Crippen LogP contribution in [0.4, 0.5) is 0 Å². The number of ether oxygens (including phenoxy) is 3. The van der Waals surface area contributed by atoms with E-state index in [1.807, 2.05) is 49.4 Å². The highest BCUT2D eigenvalue weighted by Gasteiger charge is 2.22. The third-order valence-electron chi connectivity index (χ3n) is 4.33. The fourth-order valence-corrected chi connectivity index (χ4v) is 2.75. The lowest BCUT2D eigenvalue weighted by Crippen LogP contribution is -1.99. The van der Waals surface area contributed by atoms with Crippen LogP contribution in [0.3, 0.4) is 0 Å². The van der Waals surface area contributed by atoms with Gasteiger partial charge in [-0.3, -0.25) is 0 Å². The summed E-state index contributed by atoms with van der Waals surface area (Å²) in [4.78, 5) is 12.2. The molecular formula is C23H24O4. The molecule has 4 nitrogen and oxygen atoms in total. The molecule has 0 N–H and O–H groups in total. The van der Waals surface area contributed by atoms with Gasteiger partial charge in [-0.1, -0.05) is 49.2 Å². The van der Waals surface area contributed by atoms with Crippen LogP contribution in [0, 0.1) is 6.92 Å². The van der Waals surface area contributed by atoms with E-state index in [9.17, 15) is 4.79 Å². The zero-order valence-electron chi connectivity index (χ0n) is 16.0. The maximum absolute atomic E-state index is 12.2. The van der Waals surface area contributed by atoms with Gasteiger partial charge in [0.2, 0.25) is 0 Å². The van der Waals surface area contributed by atoms with Crippen LogP contribution in [0.5, 0.6) is 11.5 Å². The van der Waals surface area contributed by atoms with Crippen molar-refractivity contribution in [1.82, 2.24) is 0 Å². The lowest BCUT2D eigenvalue weighted by Gasteiger charge is -2.11. The van der Waals surface area contributed by atoms with Crippen molar-refractivity contribution in [3.8, 4) is 11.5 Å². The maximum atomic E-state index is 12.2. The van der Waals surface area contributed by atoms with E-state index in [1.54, 1.807) is 19.3 Å². The highest BCUT2D eigenvalue weighted by molar-refractivity contribution is 6.05. The van der Waals surface area contributed by atoms with Gasteiger partial charge in [0.05, 0.1) is 19.3 Å². The predicted molar refractivity (Wildman–Crippen MR) is 107 cm³/mol. The summed E-state index contributed by atoms with van der Waals surface area (Å²) in [5.74, 6) is 1.57. The second-order valence-corrected chi connectivity index (χ2v) is 6.48. The van der Waals surface area contributed by atoms with Crippen molar-refractivity contribution in [2.45, 2.75) is 26.7 Å². The summed E-state index contributed by atoms with van der Waals surface area (Å²) in [5, 5.41) is 0. The van der Waals surface area contributed by atoms with Crippen LogP contribution in [0.25, 0.3) is 11.8 Å². The van der Waals surface area contributed by atoms with Gasteiger partial charge >= 0.3 is 5.97 Å². The zero-order chi connectivity index (χ0) is 19.2. The molecule has 0 spiro atoms. The molecule has 1 heterocycles. The molecule has 0 amide bonds. The molecule has 2 aromatic carbocycles. The van der Waals surface area contributed by atoms with Crippen molar-refractivity contribution in [2.75, 3.05) is 13.7 Å². The number of carbonyl (C=O) groups is 1. The van der Waals surface area contributed by atoms with Gasteiger partial charge in [0.15, 0.2) is 11.5 Å². The summed E-state index contributed by atoms with van der Waals surface area (Å²) in [5.41, 5.74) is 3.40. The molecule has 0 radical (unpaired) electrons. The van der Waals surface area contributed by atoms with Crippen LogP contribution >= 0.6 is 0 Å². The normalized spacial score (nSPS) is 14.9. The van der Waals surface area contributed by atoms with Gasteiger partial charge in [-0.2, -0.15) is 0 Å². The zero-order valence-corrected chi connectivity index (χ0v) is 16.0. The molecule has 3 rings (SSSR count). The molecule has 140 valence electrons. The Labute approximate surface area is 160 Å². The molecule has 0 atom stereocenters. The summed E-state index contributed by atoms with van der Waals surface area (Å²) in [7, 11) is 1.61. The molecule has 0 saturated heterocycles. The van der Waals surface area contributed by atoms with E-state index in [0.717, 1.165) is 29.5 Å². The molecule has 0 aliphatic carbocycles. The second kappa shape index (κ2) is 8.58. The molecule has 2 aromatic rings. The van der Waals surface area contributed by atoms with E-state index in [1.165, 1.54) is 0 Å². The van der Waals surface area contributed by atoms with Crippen molar-refractivity contribution in [1.29, 1.82) is 0 Å². The van der Waals surface area contributed by atoms with Gasteiger partial charge in [0, 0.05) is 5.56 Å². The van der Waals surface area contributed by atoms with Gasteiger partial charge in [-0.15, -0.1) is 0 Å². The third-order valence-corrected chi connectivity index (χ3v) is 4.33. The number of rotatable bonds is 7. The standard InChI is InChI=1S/C23H24O4/c1-4-5-12-26-20-11-8-17(14-22(20)25-3)13-19-15-21(27-23(19)24)18-9-6-16(2)7-10-18/h6-11,13-15H,4-5,12H2,1-3H3. The first-order valence-electron chi connectivity index (χ1n) is 9.14. The number of hydrogen-bond donors (Lipinski definition) is 0. The molecule has 0 fully saturated rings.